The Morgan fingerprint density at radius 1 is 1.00 bits per heavy atom. The van der Waals surface area contributed by atoms with E-state index >= 15 is 0 Å². The molecule has 1 fully saturated rings. The Kier molecular flexibility index (Phi) is 6.80. The minimum atomic E-state index is -0.808. The number of halogens is 3. The van der Waals surface area contributed by atoms with Gasteiger partial charge in [0.1, 0.15) is 0 Å². The lowest BCUT2D eigenvalue weighted by molar-refractivity contribution is 0.175. The van der Waals surface area contributed by atoms with Gasteiger partial charge in [0.05, 0.1) is 6.54 Å². The maximum absolute atomic E-state index is 13.9. The molecule has 0 radical (unpaired) electrons. The summed E-state index contributed by atoms with van der Waals surface area (Å²) >= 11 is 11.5. The second kappa shape index (κ2) is 9.72. The number of thiocarbonyl (C=S) groups is 1. The average Bonchev–Trinajstić information content (AvgIpc) is 3.20. The van der Waals surface area contributed by atoms with E-state index in [0.717, 1.165) is 11.6 Å². The van der Waals surface area contributed by atoms with Crippen LogP contribution in [0.1, 0.15) is 11.1 Å². The van der Waals surface area contributed by atoms with E-state index in [0.29, 0.717) is 60.8 Å². The van der Waals surface area contributed by atoms with Crippen molar-refractivity contribution >= 4 is 34.7 Å². The first-order valence-corrected chi connectivity index (χ1v) is 10.8. The Morgan fingerprint density at radius 3 is 2.48 bits per heavy atom. The predicted octanol–water partition coefficient (Wildman–Crippen LogP) is 4.38. The molecule has 0 aliphatic carbocycles. The Bertz CT molecular complexity index is 1050. The molecule has 1 aliphatic heterocycles. The van der Waals surface area contributed by atoms with Crippen LogP contribution in [0.4, 0.5) is 14.6 Å². The minimum Gasteiger partial charge on any atom is -0.346 e. The number of benzene rings is 2. The lowest BCUT2D eigenvalue weighted by Gasteiger charge is -2.36. The molecule has 0 amide bonds. The Balaban J connectivity index is 1.27. The van der Waals surface area contributed by atoms with Crippen molar-refractivity contribution < 1.29 is 8.78 Å². The van der Waals surface area contributed by atoms with Crippen molar-refractivity contribution in [3.63, 3.8) is 0 Å². The maximum atomic E-state index is 13.9. The van der Waals surface area contributed by atoms with Crippen LogP contribution in [0.15, 0.2) is 54.7 Å². The molecule has 1 aromatic heterocycles. The molecule has 0 bridgehead atoms. The van der Waals surface area contributed by atoms with E-state index in [-0.39, 0.29) is 0 Å². The Labute approximate surface area is 190 Å². The van der Waals surface area contributed by atoms with Crippen LogP contribution in [0.25, 0.3) is 0 Å². The largest absolute Gasteiger partial charge is 0.346 e. The topological polar surface area (TPSA) is 36.3 Å². The third-order valence-corrected chi connectivity index (χ3v) is 5.83. The van der Waals surface area contributed by atoms with Gasteiger partial charge in [-0.05, 0) is 36.0 Å². The van der Waals surface area contributed by atoms with E-state index in [9.17, 15) is 8.78 Å². The SMILES string of the molecule is Fc1cccc(CN2CCN(C(=S)Nc3ccn(Cc4ccc(Cl)cc4)n3)CC2)c1F. The monoisotopic (exact) mass is 461 g/mol. The highest BCUT2D eigenvalue weighted by molar-refractivity contribution is 7.80. The molecule has 9 heteroatoms. The number of hydrogen-bond donors (Lipinski definition) is 1. The van der Waals surface area contributed by atoms with Gasteiger partial charge in [-0.1, -0.05) is 35.9 Å². The van der Waals surface area contributed by atoms with E-state index in [2.05, 4.69) is 20.2 Å². The molecule has 162 valence electrons. The lowest BCUT2D eigenvalue weighted by atomic mass is 10.2. The van der Waals surface area contributed by atoms with Crippen LogP contribution in [-0.2, 0) is 13.1 Å². The summed E-state index contributed by atoms with van der Waals surface area (Å²) in [5.41, 5.74) is 1.48. The fourth-order valence-corrected chi connectivity index (χ4v) is 3.92. The van der Waals surface area contributed by atoms with Crippen LogP contribution in [-0.4, -0.2) is 50.9 Å². The highest BCUT2D eigenvalue weighted by Gasteiger charge is 2.21. The molecule has 0 unspecified atom stereocenters. The number of nitrogens with zero attached hydrogens (tertiary/aromatic N) is 4. The van der Waals surface area contributed by atoms with Crippen LogP contribution in [0, 0.1) is 11.6 Å². The van der Waals surface area contributed by atoms with E-state index in [4.69, 9.17) is 23.8 Å². The summed E-state index contributed by atoms with van der Waals surface area (Å²) in [6.45, 7) is 3.85. The van der Waals surface area contributed by atoms with Gasteiger partial charge >= 0.3 is 0 Å². The number of anilines is 1. The third-order valence-electron chi connectivity index (χ3n) is 5.22. The molecule has 5 nitrogen and oxygen atoms in total. The lowest BCUT2D eigenvalue weighted by Crippen LogP contribution is -2.49. The second-order valence-corrected chi connectivity index (χ2v) is 8.25. The van der Waals surface area contributed by atoms with Crippen molar-refractivity contribution in [1.82, 2.24) is 19.6 Å². The Hall–Kier alpha value is -2.55. The number of hydrogen-bond acceptors (Lipinski definition) is 3. The van der Waals surface area contributed by atoms with Crippen molar-refractivity contribution in [3.8, 4) is 0 Å². The van der Waals surface area contributed by atoms with E-state index < -0.39 is 11.6 Å². The number of nitrogens with one attached hydrogen (secondary N) is 1. The van der Waals surface area contributed by atoms with Gasteiger partial charge in [-0.2, -0.15) is 5.10 Å². The normalized spacial score (nSPS) is 14.6. The van der Waals surface area contributed by atoms with Gasteiger partial charge in [-0.15, -0.1) is 0 Å². The van der Waals surface area contributed by atoms with Gasteiger partial charge in [0.2, 0.25) is 0 Å². The predicted molar refractivity (Wildman–Crippen MR) is 122 cm³/mol. The van der Waals surface area contributed by atoms with Crippen molar-refractivity contribution in [1.29, 1.82) is 0 Å². The first-order valence-electron chi connectivity index (χ1n) is 9.97. The van der Waals surface area contributed by atoms with Crippen molar-refractivity contribution in [2.45, 2.75) is 13.1 Å². The summed E-state index contributed by atoms with van der Waals surface area (Å²) in [5, 5.41) is 9.02. The zero-order valence-electron chi connectivity index (χ0n) is 16.8. The van der Waals surface area contributed by atoms with Crippen LogP contribution < -0.4 is 5.32 Å². The molecule has 0 spiro atoms. The molecular formula is C22H22ClF2N5S. The molecule has 4 rings (SSSR count). The van der Waals surface area contributed by atoms with Crippen LogP contribution >= 0.6 is 23.8 Å². The number of rotatable bonds is 5. The molecule has 3 aromatic rings. The molecule has 1 aliphatic rings. The van der Waals surface area contributed by atoms with Crippen molar-refractivity contribution in [3.05, 3.63) is 82.5 Å². The van der Waals surface area contributed by atoms with E-state index in [1.54, 1.807) is 6.07 Å². The number of aromatic nitrogens is 2. The summed E-state index contributed by atoms with van der Waals surface area (Å²) < 4.78 is 29.1. The highest BCUT2D eigenvalue weighted by Crippen LogP contribution is 2.16. The van der Waals surface area contributed by atoms with Crippen molar-refractivity contribution in [2.75, 3.05) is 31.5 Å². The summed E-state index contributed by atoms with van der Waals surface area (Å²) in [7, 11) is 0. The molecule has 31 heavy (non-hydrogen) atoms. The van der Waals surface area contributed by atoms with Gasteiger partial charge in [0, 0.05) is 55.6 Å². The van der Waals surface area contributed by atoms with Crippen molar-refractivity contribution in [2.24, 2.45) is 0 Å². The van der Waals surface area contributed by atoms with E-state index in [1.807, 2.05) is 41.2 Å². The smallest absolute Gasteiger partial charge is 0.174 e. The molecule has 1 N–H and O–H groups in total. The van der Waals surface area contributed by atoms with Gasteiger partial charge in [-0.25, -0.2) is 8.78 Å². The molecule has 0 saturated carbocycles. The summed E-state index contributed by atoms with van der Waals surface area (Å²) in [6, 6.07) is 13.8. The summed E-state index contributed by atoms with van der Waals surface area (Å²) in [6.07, 6.45) is 1.89. The molecule has 2 heterocycles. The number of piperazine rings is 1. The Morgan fingerprint density at radius 2 is 1.74 bits per heavy atom. The zero-order valence-corrected chi connectivity index (χ0v) is 18.3. The first kappa shape index (κ1) is 21.7. The molecule has 0 atom stereocenters. The third kappa shape index (κ3) is 5.58. The maximum Gasteiger partial charge on any atom is 0.174 e. The fraction of sp³-hybridized carbons (Fsp3) is 0.273. The van der Waals surface area contributed by atoms with Gasteiger partial charge in [-0.3, -0.25) is 9.58 Å². The molecule has 1 saturated heterocycles. The van der Waals surface area contributed by atoms with E-state index in [1.165, 1.54) is 6.07 Å². The van der Waals surface area contributed by atoms with Gasteiger partial charge in [0.15, 0.2) is 22.6 Å². The van der Waals surface area contributed by atoms with Gasteiger partial charge in [0.25, 0.3) is 0 Å². The standard InChI is InChI=1S/C22H22ClF2N5S/c23-18-6-4-16(5-7-18)14-30-9-8-20(27-30)26-22(31)29-12-10-28(11-13-29)15-17-2-1-3-19(24)21(17)25/h1-9H,10-15H2,(H,26,27,31). The zero-order chi connectivity index (χ0) is 21.8. The highest BCUT2D eigenvalue weighted by atomic mass is 35.5. The first-order chi connectivity index (χ1) is 15.0. The summed E-state index contributed by atoms with van der Waals surface area (Å²) in [4.78, 5) is 4.16. The summed E-state index contributed by atoms with van der Waals surface area (Å²) in [5.74, 6) is -0.892. The molecular weight excluding hydrogens is 440 g/mol. The fourth-order valence-electron chi connectivity index (χ4n) is 3.50. The van der Waals surface area contributed by atoms with Crippen LogP contribution in [0.3, 0.4) is 0 Å². The average molecular weight is 462 g/mol. The quantitative estimate of drug-likeness (QED) is 0.571. The van der Waals surface area contributed by atoms with Crippen LogP contribution in [0.2, 0.25) is 5.02 Å². The van der Waals surface area contributed by atoms with Crippen LogP contribution in [0.5, 0.6) is 0 Å². The second-order valence-electron chi connectivity index (χ2n) is 7.43. The molecule has 2 aromatic carbocycles. The minimum absolute atomic E-state index is 0.375. The van der Waals surface area contributed by atoms with Gasteiger partial charge < -0.3 is 10.2 Å².